The van der Waals surface area contributed by atoms with E-state index in [0.29, 0.717) is 23.7 Å². The largest absolute Gasteiger partial charge is 0.493 e. The first kappa shape index (κ1) is 14.6. The Hall–Kier alpha value is -2.81. The molecule has 6 heteroatoms. The highest BCUT2D eigenvalue weighted by molar-refractivity contribution is 5.39. The van der Waals surface area contributed by atoms with Gasteiger partial charge in [0.05, 0.1) is 13.7 Å². The van der Waals surface area contributed by atoms with Crippen LogP contribution in [0.2, 0.25) is 0 Å². The number of rotatable bonds is 6. The summed E-state index contributed by atoms with van der Waals surface area (Å²) < 4.78 is 12.6. The molecule has 0 aliphatic rings. The van der Waals surface area contributed by atoms with Crippen LogP contribution in [-0.4, -0.2) is 22.1 Å². The number of nitrogens with zero attached hydrogens (tertiary/aromatic N) is 4. The molecule has 0 fully saturated rings. The lowest BCUT2D eigenvalue weighted by Gasteiger charge is -2.11. The Morgan fingerprint density at radius 1 is 1.38 bits per heavy atom. The SMILES string of the molecule is C=C(C)Cn1nnc(C#N)c1COc1ccccc1OC. The molecule has 2 aromatic rings. The zero-order chi connectivity index (χ0) is 15.2. The number of para-hydroxylation sites is 2. The minimum Gasteiger partial charge on any atom is -0.493 e. The van der Waals surface area contributed by atoms with Gasteiger partial charge in [-0.3, -0.25) is 0 Å². The lowest BCUT2D eigenvalue weighted by atomic mass is 10.3. The van der Waals surface area contributed by atoms with E-state index in [0.717, 1.165) is 5.57 Å². The van der Waals surface area contributed by atoms with Crippen LogP contribution >= 0.6 is 0 Å². The van der Waals surface area contributed by atoms with Crippen LogP contribution in [0, 0.1) is 11.3 Å². The van der Waals surface area contributed by atoms with Crippen LogP contribution in [0.1, 0.15) is 18.3 Å². The number of hydrogen-bond donors (Lipinski definition) is 0. The van der Waals surface area contributed by atoms with Gasteiger partial charge < -0.3 is 9.47 Å². The molecule has 2 rings (SSSR count). The summed E-state index contributed by atoms with van der Waals surface area (Å²) in [5.41, 5.74) is 1.79. The molecule has 0 bridgehead atoms. The second kappa shape index (κ2) is 6.57. The molecule has 1 heterocycles. The lowest BCUT2D eigenvalue weighted by Crippen LogP contribution is -2.09. The molecule has 1 aromatic carbocycles. The van der Waals surface area contributed by atoms with Crippen LogP contribution in [0.5, 0.6) is 11.5 Å². The Labute approximate surface area is 123 Å². The highest BCUT2D eigenvalue weighted by Crippen LogP contribution is 2.26. The van der Waals surface area contributed by atoms with Crippen molar-refractivity contribution in [3.8, 4) is 17.6 Å². The van der Waals surface area contributed by atoms with Crippen molar-refractivity contribution in [3.05, 3.63) is 47.8 Å². The smallest absolute Gasteiger partial charge is 0.189 e. The number of methoxy groups -OCH3 is 1. The number of hydrogen-bond acceptors (Lipinski definition) is 5. The molecule has 0 unspecified atom stereocenters. The second-order valence-electron chi connectivity index (χ2n) is 4.55. The summed E-state index contributed by atoms with van der Waals surface area (Å²) in [6, 6.07) is 9.35. The molecule has 6 nitrogen and oxygen atoms in total. The standard InChI is InChI=1S/C15H16N4O2/c1-11(2)9-19-13(12(8-16)17-18-19)10-21-15-7-5-4-6-14(15)20-3/h4-7H,1,9-10H2,2-3H3. The van der Waals surface area contributed by atoms with Crippen LogP contribution in [0.3, 0.4) is 0 Å². The average Bonchev–Trinajstić information content (AvgIpc) is 2.86. The first-order valence-electron chi connectivity index (χ1n) is 6.38. The third-order valence-electron chi connectivity index (χ3n) is 2.80. The summed E-state index contributed by atoms with van der Waals surface area (Å²) >= 11 is 0. The summed E-state index contributed by atoms with van der Waals surface area (Å²) in [6.07, 6.45) is 0. The monoisotopic (exact) mass is 284 g/mol. The molecule has 21 heavy (non-hydrogen) atoms. The summed E-state index contributed by atoms with van der Waals surface area (Å²) in [6.45, 7) is 6.41. The van der Waals surface area contributed by atoms with Crippen LogP contribution in [0.25, 0.3) is 0 Å². The van der Waals surface area contributed by atoms with E-state index < -0.39 is 0 Å². The molecule has 0 aliphatic carbocycles. The lowest BCUT2D eigenvalue weighted by molar-refractivity contribution is 0.274. The Morgan fingerprint density at radius 3 is 2.71 bits per heavy atom. The van der Waals surface area contributed by atoms with E-state index in [2.05, 4.69) is 16.9 Å². The number of nitriles is 1. The van der Waals surface area contributed by atoms with E-state index in [-0.39, 0.29) is 12.3 Å². The molecular weight excluding hydrogens is 268 g/mol. The van der Waals surface area contributed by atoms with Gasteiger partial charge >= 0.3 is 0 Å². The average molecular weight is 284 g/mol. The van der Waals surface area contributed by atoms with Crippen LogP contribution in [0.15, 0.2) is 36.4 Å². The molecule has 0 saturated carbocycles. The van der Waals surface area contributed by atoms with Crippen LogP contribution < -0.4 is 9.47 Å². The molecule has 0 spiro atoms. The third-order valence-corrected chi connectivity index (χ3v) is 2.80. The minimum atomic E-state index is 0.184. The van der Waals surface area contributed by atoms with Gasteiger partial charge in [-0.25, -0.2) is 4.68 Å². The van der Waals surface area contributed by atoms with E-state index in [9.17, 15) is 0 Å². The van der Waals surface area contributed by atoms with Crippen molar-refractivity contribution in [1.82, 2.24) is 15.0 Å². The van der Waals surface area contributed by atoms with Gasteiger partial charge in [-0.2, -0.15) is 5.26 Å². The third kappa shape index (κ3) is 3.39. The summed E-state index contributed by atoms with van der Waals surface area (Å²) in [7, 11) is 1.58. The molecular formula is C15H16N4O2. The first-order chi connectivity index (χ1) is 10.2. The van der Waals surface area contributed by atoms with Gasteiger partial charge in [0.25, 0.3) is 0 Å². The molecule has 0 saturated heterocycles. The van der Waals surface area contributed by atoms with Crippen molar-refractivity contribution in [1.29, 1.82) is 5.26 Å². The van der Waals surface area contributed by atoms with Crippen molar-refractivity contribution in [3.63, 3.8) is 0 Å². The van der Waals surface area contributed by atoms with Gasteiger partial charge in [-0.1, -0.05) is 29.5 Å². The van der Waals surface area contributed by atoms with Gasteiger partial charge in [-0.15, -0.1) is 5.10 Å². The summed E-state index contributed by atoms with van der Waals surface area (Å²) in [5, 5.41) is 16.9. The normalized spacial score (nSPS) is 9.95. The Kier molecular flexibility index (Phi) is 4.57. The van der Waals surface area contributed by atoms with Gasteiger partial charge in [0.15, 0.2) is 17.2 Å². The van der Waals surface area contributed by atoms with E-state index in [1.807, 2.05) is 31.2 Å². The van der Waals surface area contributed by atoms with Crippen molar-refractivity contribution in [2.45, 2.75) is 20.1 Å². The van der Waals surface area contributed by atoms with Crippen LogP contribution in [0.4, 0.5) is 0 Å². The van der Waals surface area contributed by atoms with Gasteiger partial charge in [0.1, 0.15) is 18.4 Å². The van der Waals surface area contributed by atoms with Crippen LogP contribution in [-0.2, 0) is 13.2 Å². The Morgan fingerprint density at radius 2 is 2.10 bits per heavy atom. The summed E-state index contributed by atoms with van der Waals surface area (Å²) in [5.74, 6) is 1.24. The van der Waals surface area contributed by atoms with Gasteiger partial charge in [-0.05, 0) is 19.1 Å². The maximum Gasteiger partial charge on any atom is 0.189 e. The maximum absolute atomic E-state index is 9.10. The second-order valence-corrected chi connectivity index (χ2v) is 4.55. The molecule has 0 atom stereocenters. The van der Waals surface area contributed by atoms with E-state index in [4.69, 9.17) is 14.7 Å². The van der Waals surface area contributed by atoms with E-state index >= 15 is 0 Å². The summed E-state index contributed by atoms with van der Waals surface area (Å²) in [4.78, 5) is 0. The molecule has 108 valence electrons. The fourth-order valence-electron chi connectivity index (χ4n) is 1.83. The highest BCUT2D eigenvalue weighted by atomic mass is 16.5. The zero-order valence-corrected chi connectivity index (χ0v) is 12.0. The minimum absolute atomic E-state index is 0.184. The number of aromatic nitrogens is 3. The molecule has 0 aliphatic heterocycles. The zero-order valence-electron chi connectivity index (χ0n) is 12.0. The van der Waals surface area contributed by atoms with Gasteiger partial charge in [0.2, 0.25) is 0 Å². The fraction of sp³-hybridized carbons (Fsp3) is 0.267. The number of ether oxygens (including phenoxy) is 2. The van der Waals surface area contributed by atoms with Crippen molar-refractivity contribution >= 4 is 0 Å². The molecule has 0 amide bonds. The van der Waals surface area contributed by atoms with E-state index in [1.165, 1.54) is 0 Å². The molecule has 1 aromatic heterocycles. The number of benzene rings is 1. The van der Waals surface area contributed by atoms with E-state index in [1.54, 1.807) is 17.9 Å². The van der Waals surface area contributed by atoms with Crippen molar-refractivity contribution < 1.29 is 9.47 Å². The molecule has 0 radical (unpaired) electrons. The fourth-order valence-corrected chi connectivity index (χ4v) is 1.83. The Bertz CT molecular complexity index is 685. The topological polar surface area (TPSA) is 73.0 Å². The first-order valence-corrected chi connectivity index (χ1v) is 6.38. The predicted octanol–water partition coefficient (Wildman–Crippen LogP) is 2.31. The quantitative estimate of drug-likeness (QED) is 0.761. The Balaban J connectivity index is 2.21. The predicted molar refractivity (Wildman–Crippen MR) is 76.9 cm³/mol. The number of allylic oxidation sites excluding steroid dienone is 1. The maximum atomic E-state index is 9.10. The van der Waals surface area contributed by atoms with Crippen molar-refractivity contribution in [2.24, 2.45) is 0 Å². The van der Waals surface area contributed by atoms with Crippen molar-refractivity contribution in [2.75, 3.05) is 7.11 Å². The highest BCUT2D eigenvalue weighted by Gasteiger charge is 2.14. The molecule has 0 N–H and O–H groups in total. The van der Waals surface area contributed by atoms with Gasteiger partial charge in [0, 0.05) is 0 Å².